The second-order valence-corrected chi connectivity index (χ2v) is 9.05. The number of hydrogen-bond acceptors (Lipinski definition) is 8. The maximum absolute atomic E-state index is 13.0. The van der Waals surface area contributed by atoms with Gasteiger partial charge >= 0.3 is 0 Å². The van der Waals surface area contributed by atoms with E-state index in [0.717, 1.165) is 5.56 Å². The molecule has 0 aliphatic carbocycles. The zero-order valence-electron chi connectivity index (χ0n) is 17.4. The molecule has 10 heteroatoms. The zero-order chi connectivity index (χ0) is 22.0. The van der Waals surface area contributed by atoms with Crippen LogP contribution >= 0.6 is 0 Å². The third kappa shape index (κ3) is 4.49. The molecule has 0 spiro atoms. The van der Waals surface area contributed by atoms with Gasteiger partial charge in [-0.2, -0.15) is 9.71 Å². The van der Waals surface area contributed by atoms with E-state index >= 15 is 0 Å². The molecule has 4 rings (SSSR count). The van der Waals surface area contributed by atoms with Gasteiger partial charge in [0.05, 0.1) is 12.0 Å². The van der Waals surface area contributed by atoms with Crippen molar-refractivity contribution in [2.45, 2.75) is 24.8 Å². The van der Waals surface area contributed by atoms with Gasteiger partial charge in [-0.1, -0.05) is 19.0 Å². The molecular weight excluding hydrogens is 422 g/mol. The van der Waals surface area contributed by atoms with Crippen molar-refractivity contribution in [3.8, 4) is 28.6 Å². The van der Waals surface area contributed by atoms with Gasteiger partial charge in [0.2, 0.25) is 21.7 Å². The van der Waals surface area contributed by atoms with Gasteiger partial charge in [-0.15, -0.1) is 0 Å². The maximum atomic E-state index is 13.0. The Bertz CT molecular complexity index is 1160. The number of fused-ring (bicyclic) bond motifs is 1. The van der Waals surface area contributed by atoms with Gasteiger partial charge in [0, 0.05) is 11.6 Å². The molecule has 31 heavy (non-hydrogen) atoms. The van der Waals surface area contributed by atoms with Crippen molar-refractivity contribution in [1.82, 2.24) is 14.9 Å². The SMILES string of the molecule is COc1ccc(-c2noc([C@H](NS(=O)(=O)c3ccc4c(c3)OCCO4)C(C)C)n2)cc1. The Morgan fingerprint density at radius 2 is 1.74 bits per heavy atom. The molecule has 2 heterocycles. The smallest absolute Gasteiger partial charge is 0.245 e. The molecule has 0 unspecified atom stereocenters. The van der Waals surface area contributed by atoms with E-state index in [1.54, 1.807) is 37.4 Å². The van der Waals surface area contributed by atoms with Crippen molar-refractivity contribution in [1.29, 1.82) is 0 Å². The van der Waals surface area contributed by atoms with E-state index in [2.05, 4.69) is 14.9 Å². The maximum Gasteiger partial charge on any atom is 0.245 e. The first kappa shape index (κ1) is 21.1. The molecule has 3 aromatic rings. The van der Waals surface area contributed by atoms with E-state index in [0.29, 0.717) is 36.3 Å². The lowest BCUT2D eigenvalue weighted by Gasteiger charge is -2.21. The van der Waals surface area contributed by atoms with E-state index in [1.807, 2.05) is 13.8 Å². The zero-order valence-corrected chi connectivity index (χ0v) is 18.2. The molecule has 0 saturated heterocycles. The van der Waals surface area contributed by atoms with E-state index in [9.17, 15) is 8.42 Å². The molecule has 1 aliphatic heterocycles. The molecule has 1 atom stereocenters. The fourth-order valence-corrected chi connectivity index (χ4v) is 4.47. The minimum atomic E-state index is -3.88. The highest BCUT2D eigenvalue weighted by Crippen LogP contribution is 2.33. The summed E-state index contributed by atoms with van der Waals surface area (Å²) >= 11 is 0. The molecule has 0 saturated carbocycles. The number of nitrogens with one attached hydrogen (secondary N) is 1. The first-order valence-electron chi connectivity index (χ1n) is 9.77. The van der Waals surface area contributed by atoms with E-state index < -0.39 is 16.1 Å². The molecular formula is C21H23N3O6S. The van der Waals surface area contributed by atoms with Crippen LogP contribution in [-0.2, 0) is 10.0 Å². The summed E-state index contributed by atoms with van der Waals surface area (Å²) in [6.45, 7) is 4.54. The van der Waals surface area contributed by atoms with Crippen molar-refractivity contribution in [2.75, 3.05) is 20.3 Å². The number of methoxy groups -OCH3 is 1. The van der Waals surface area contributed by atoms with Gasteiger partial charge in [0.15, 0.2) is 11.5 Å². The van der Waals surface area contributed by atoms with Crippen LogP contribution in [0.3, 0.4) is 0 Å². The second-order valence-electron chi connectivity index (χ2n) is 7.33. The molecule has 1 aromatic heterocycles. The van der Waals surface area contributed by atoms with Crippen LogP contribution in [-0.4, -0.2) is 38.9 Å². The van der Waals surface area contributed by atoms with Crippen LogP contribution in [0.5, 0.6) is 17.2 Å². The summed E-state index contributed by atoms with van der Waals surface area (Å²) < 4.78 is 50.3. The second kappa shape index (κ2) is 8.56. The predicted molar refractivity (Wildman–Crippen MR) is 112 cm³/mol. The Labute approximate surface area is 180 Å². The quantitative estimate of drug-likeness (QED) is 0.590. The molecule has 0 amide bonds. The van der Waals surface area contributed by atoms with Gasteiger partial charge < -0.3 is 18.7 Å². The fraction of sp³-hybridized carbons (Fsp3) is 0.333. The molecule has 0 fully saturated rings. The number of ether oxygens (including phenoxy) is 3. The van der Waals surface area contributed by atoms with E-state index in [4.69, 9.17) is 18.7 Å². The highest BCUT2D eigenvalue weighted by Gasteiger charge is 2.29. The monoisotopic (exact) mass is 445 g/mol. The Morgan fingerprint density at radius 3 is 2.42 bits per heavy atom. The Morgan fingerprint density at radius 1 is 1.03 bits per heavy atom. The number of sulfonamides is 1. The predicted octanol–water partition coefficient (Wildman–Crippen LogP) is 3.19. The van der Waals surface area contributed by atoms with Crippen molar-refractivity contribution in [2.24, 2.45) is 5.92 Å². The van der Waals surface area contributed by atoms with Gasteiger partial charge in [0.1, 0.15) is 25.0 Å². The molecule has 9 nitrogen and oxygen atoms in total. The largest absolute Gasteiger partial charge is 0.497 e. The molecule has 0 bridgehead atoms. The van der Waals surface area contributed by atoms with Crippen LogP contribution in [0.4, 0.5) is 0 Å². The Hall–Kier alpha value is -3.11. The molecule has 1 aliphatic rings. The summed E-state index contributed by atoms with van der Waals surface area (Å²) in [6.07, 6.45) is 0. The number of benzene rings is 2. The number of hydrogen-bond donors (Lipinski definition) is 1. The Balaban J connectivity index is 1.58. The molecule has 2 aromatic carbocycles. The number of rotatable bonds is 7. The van der Waals surface area contributed by atoms with Crippen LogP contribution in [0.1, 0.15) is 25.8 Å². The third-order valence-electron chi connectivity index (χ3n) is 4.83. The van der Waals surface area contributed by atoms with Crippen LogP contribution in [0.25, 0.3) is 11.4 Å². The van der Waals surface area contributed by atoms with Crippen LogP contribution < -0.4 is 18.9 Å². The lowest BCUT2D eigenvalue weighted by atomic mass is 10.1. The van der Waals surface area contributed by atoms with Gasteiger partial charge in [-0.05, 0) is 42.3 Å². The first-order chi connectivity index (χ1) is 14.9. The normalized spacial score (nSPS) is 14.5. The number of nitrogens with zero attached hydrogens (tertiary/aromatic N) is 2. The summed E-state index contributed by atoms with van der Waals surface area (Å²) in [5.41, 5.74) is 0.730. The van der Waals surface area contributed by atoms with Crippen molar-refractivity contribution >= 4 is 10.0 Å². The standard InChI is InChI=1S/C21H23N3O6S/c1-13(2)19(21-22-20(23-30-21)14-4-6-15(27-3)7-5-14)24-31(25,26)16-8-9-17-18(12-16)29-11-10-28-17/h4-9,12-13,19,24H,10-11H2,1-3H3/t19-/m1/s1. The van der Waals surface area contributed by atoms with Crippen molar-refractivity contribution < 1.29 is 27.2 Å². The minimum Gasteiger partial charge on any atom is -0.497 e. The third-order valence-corrected chi connectivity index (χ3v) is 6.27. The molecule has 0 radical (unpaired) electrons. The summed E-state index contributed by atoms with van der Waals surface area (Å²) in [5.74, 6) is 2.03. The van der Waals surface area contributed by atoms with Crippen LogP contribution in [0, 0.1) is 5.92 Å². The van der Waals surface area contributed by atoms with Gasteiger partial charge in [-0.3, -0.25) is 0 Å². The number of aromatic nitrogens is 2. The van der Waals surface area contributed by atoms with E-state index in [1.165, 1.54) is 12.1 Å². The summed E-state index contributed by atoms with van der Waals surface area (Å²) in [5, 5.41) is 4.01. The topological polar surface area (TPSA) is 113 Å². The Kier molecular flexibility index (Phi) is 5.84. The van der Waals surface area contributed by atoms with E-state index in [-0.39, 0.29) is 16.7 Å². The minimum absolute atomic E-state index is 0.0669. The average Bonchev–Trinajstić information content (AvgIpc) is 3.27. The van der Waals surface area contributed by atoms with Crippen LogP contribution in [0.2, 0.25) is 0 Å². The summed E-state index contributed by atoms with van der Waals surface area (Å²) in [4.78, 5) is 4.48. The van der Waals surface area contributed by atoms with Crippen molar-refractivity contribution in [3.63, 3.8) is 0 Å². The van der Waals surface area contributed by atoms with Crippen molar-refractivity contribution in [3.05, 3.63) is 48.4 Å². The summed E-state index contributed by atoms with van der Waals surface area (Å²) in [6, 6.07) is 11.0. The molecule has 164 valence electrons. The van der Waals surface area contributed by atoms with Crippen LogP contribution in [0.15, 0.2) is 51.9 Å². The lowest BCUT2D eigenvalue weighted by Crippen LogP contribution is -2.32. The average molecular weight is 445 g/mol. The molecule has 1 N–H and O–H groups in total. The van der Waals surface area contributed by atoms with Gasteiger partial charge in [-0.25, -0.2) is 8.42 Å². The lowest BCUT2D eigenvalue weighted by molar-refractivity contribution is 0.171. The highest BCUT2D eigenvalue weighted by molar-refractivity contribution is 7.89. The fourth-order valence-electron chi connectivity index (χ4n) is 3.12. The summed E-state index contributed by atoms with van der Waals surface area (Å²) in [7, 11) is -2.29. The highest BCUT2D eigenvalue weighted by atomic mass is 32.2. The van der Waals surface area contributed by atoms with Gasteiger partial charge in [0.25, 0.3) is 0 Å². The first-order valence-corrected chi connectivity index (χ1v) is 11.3.